The number of benzene rings is 1. The highest BCUT2D eigenvalue weighted by Crippen LogP contribution is 2.35. The van der Waals surface area contributed by atoms with E-state index in [-0.39, 0.29) is 0 Å². The quantitative estimate of drug-likeness (QED) is 0.861. The van der Waals surface area contributed by atoms with Gasteiger partial charge in [-0.1, -0.05) is 18.2 Å². The second-order valence-electron chi connectivity index (χ2n) is 4.90. The van der Waals surface area contributed by atoms with Crippen molar-refractivity contribution in [3.8, 4) is 5.75 Å². The van der Waals surface area contributed by atoms with Gasteiger partial charge in [-0.05, 0) is 45.6 Å². The second-order valence-corrected chi connectivity index (χ2v) is 4.90. The number of methoxy groups -OCH3 is 1. The van der Waals surface area contributed by atoms with Crippen molar-refractivity contribution in [1.29, 1.82) is 0 Å². The van der Waals surface area contributed by atoms with Crippen LogP contribution in [0.2, 0.25) is 0 Å². The molecule has 0 spiro atoms. The van der Waals surface area contributed by atoms with Crippen molar-refractivity contribution in [2.24, 2.45) is 5.92 Å². The number of ether oxygens (including phenoxy) is 1. The largest absolute Gasteiger partial charge is 0.496 e. The minimum absolute atomic E-state index is 0.432. The maximum absolute atomic E-state index is 5.49. The zero-order valence-corrected chi connectivity index (χ0v) is 10.9. The lowest BCUT2D eigenvalue weighted by molar-refractivity contribution is 0.217. The summed E-state index contributed by atoms with van der Waals surface area (Å²) in [7, 11) is 6.04. The van der Waals surface area contributed by atoms with E-state index in [1.807, 2.05) is 12.1 Å². The third kappa shape index (κ3) is 2.61. The fourth-order valence-electron chi connectivity index (χ4n) is 2.81. The Labute approximate surface area is 104 Å². The maximum Gasteiger partial charge on any atom is 0.123 e. The van der Waals surface area contributed by atoms with Gasteiger partial charge in [0.15, 0.2) is 0 Å². The van der Waals surface area contributed by atoms with Crippen LogP contribution in [-0.4, -0.2) is 39.2 Å². The molecule has 2 unspecified atom stereocenters. The molecule has 0 amide bonds. The monoisotopic (exact) mass is 234 g/mol. The van der Waals surface area contributed by atoms with Crippen LogP contribution in [0.5, 0.6) is 5.75 Å². The van der Waals surface area contributed by atoms with E-state index in [1.165, 1.54) is 12.0 Å². The molecule has 3 nitrogen and oxygen atoms in total. The van der Waals surface area contributed by atoms with Crippen LogP contribution in [-0.2, 0) is 0 Å². The van der Waals surface area contributed by atoms with Crippen molar-refractivity contribution in [3.05, 3.63) is 29.8 Å². The number of rotatable bonds is 4. The maximum atomic E-state index is 5.49. The van der Waals surface area contributed by atoms with Crippen LogP contribution in [0.3, 0.4) is 0 Å². The number of hydrogen-bond donors (Lipinski definition) is 1. The molecule has 1 aliphatic heterocycles. The van der Waals surface area contributed by atoms with Crippen molar-refractivity contribution in [2.45, 2.75) is 12.5 Å². The highest BCUT2D eigenvalue weighted by molar-refractivity contribution is 5.36. The molecule has 0 saturated carbocycles. The zero-order chi connectivity index (χ0) is 12.3. The molecule has 1 aromatic carbocycles. The summed E-state index contributed by atoms with van der Waals surface area (Å²) in [5.74, 6) is 1.67. The van der Waals surface area contributed by atoms with Crippen LogP contribution >= 0.6 is 0 Å². The molecule has 0 radical (unpaired) electrons. The molecule has 1 N–H and O–H groups in total. The van der Waals surface area contributed by atoms with E-state index in [1.54, 1.807) is 7.11 Å². The van der Waals surface area contributed by atoms with Gasteiger partial charge in [-0.25, -0.2) is 0 Å². The fourth-order valence-corrected chi connectivity index (χ4v) is 2.81. The molecule has 1 fully saturated rings. The summed E-state index contributed by atoms with van der Waals surface area (Å²) < 4.78 is 5.49. The Morgan fingerprint density at radius 1 is 1.35 bits per heavy atom. The van der Waals surface area contributed by atoms with Crippen molar-refractivity contribution >= 4 is 0 Å². The average Bonchev–Trinajstić information content (AvgIpc) is 2.83. The van der Waals surface area contributed by atoms with E-state index in [4.69, 9.17) is 4.74 Å². The molecule has 2 atom stereocenters. The molecular formula is C14H22N2O. The molecule has 17 heavy (non-hydrogen) atoms. The Hall–Kier alpha value is -1.06. The summed E-state index contributed by atoms with van der Waals surface area (Å²) in [6, 6.07) is 8.79. The molecule has 1 saturated heterocycles. The van der Waals surface area contributed by atoms with Gasteiger partial charge in [0.05, 0.1) is 7.11 Å². The first-order chi connectivity index (χ1) is 8.24. The lowest BCUT2D eigenvalue weighted by Crippen LogP contribution is -2.29. The van der Waals surface area contributed by atoms with Crippen molar-refractivity contribution < 1.29 is 4.74 Å². The number of nitrogens with zero attached hydrogens (tertiary/aromatic N) is 1. The third-order valence-corrected chi connectivity index (χ3v) is 3.56. The second kappa shape index (κ2) is 5.52. The molecular weight excluding hydrogens is 212 g/mol. The predicted octanol–water partition coefficient (Wildman–Crippen LogP) is 1.91. The summed E-state index contributed by atoms with van der Waals surface area (Å²) in [5.41, 5.74) is 1.30. The first-order valence-corrected chi connectivity index (χ1v) is 6.24. The van der Waals surface area contributed by atoms with Gasteiger partial charge in [-0.3, -0.25) is 0 Å². The zero-order valence-electron chi connectivity index (χ0n) is 10.9. The van der Waals surface area contributed by atoms with Gasteiger partial charge in [-0.2, -0.15) is 0 Å². The molecule has 3 heteroatoms. The normalized spacial score (nSPS) is 21.8. The Balaban J connectivity index is 2.31. The van der Waals surface area contributed by atoms with Crippen LogP contribution in [0.25, 0.3) is 0 Å². The SMILES string of the molecule is COc1ccccc1C(C1CCNC1)N(C)C. The third-order valence-electron chi connectivity index (χ3n) is 3.56. The van der Waals surface area contributed by atoms with Gasteiger partial charge in [0.25, 0.3) is 0 Å². The number of para-hydroxylation sites is 1. The molecule has 0 aliphatic carbocycles. The first-order valence-electron chi connectivity index (χ1n) is 6.24. The van der Waals surface area contributed by atoms with Gasteiger partial charge in [0.1, 0.15) is 5.75 Å². The van der Waals surface area contributed by atoms with Crippen LogP contribution in [0, 0.1) is 5.92 Å². The lowest BCUT2D eigenvalue weighted by Gasteiger charge is -2.31. The molecule has 0 aromatic heterocycles. The van der Waals surface area contributed by atoms with Gasteiger partial charge < -0.3 is 15.0 Å². The number of hydrogen-bond acceptors (Lipinski definition) is 3. The predicted molar refractivity (Wildman–Crippen MR) is 70.4 cm³/mol. The Morgan fingerprint density at radius 2 is 2.12 bits per heavy atom. The Kier molecular flexibility index (Phi) is 4.02. The van der Waals surface area contributed by atoms with Crippen LogP contribution in [0.15, 0.2) is 24.3 Å². The van der Waals surface area contributed by atoms with Crippen LogP contribution < -0.4 is 10.1 Å². The van der Waals surface area contributed by atoms with Gasteiger partial charge in [-0.15, -0.1) is 0 Å². The van der Waals surface area contributed by atoms with Crippen LogP contribution in [0.1, 0.15) is 18.0 Å². The highest BCUT2D eigenvalue weighted by atomic mass is 16.5. The molecule has 94 valence electrons. The summed E-state index contributed by atoms with van der Waals surface area (Å²) in [5, 5.41) is 3.45. The van der Waals surface area contributed by atoms with E-state index in [0.29, 0.717) is 12.0 Å². The van der Waals surface area contributed by atoms with Gasteiger partial charge in [0, 0.05) is 11.6 Å². The average molecular weight is 234 g/mol. The molecule has 2 rings (SSSR count). The molecule has 0 bridgehead atoms. The van der Waals surface area contributed by atoms with E-state index in [2.05, 4.69) is 36.4 Å². The van der Waals surface area contributed by atoms with Crippen molar-refractivity contribution in [1.82, 2.24) is 10.2 Å². The van der Waals surface area contributed by atoms with Crippen molar-refractivity contribution in [2.75, 3.05) is 34.3 Å². The van der Waals surface area contributed by atoms with Crippen molar-refractivity contribution in [3.63, 3.8) is 0 Å². The Morgan fingerprint density at radius 3 is 2.71 bits per heavy atom. The van der Waals surface area contributed by atoms with E-state index in [9.17, 15) is 0 Å². The summed E-state index contributed by atoms with van der Waals surface area (Å²) >= 11 is 0. The van der Waals surface area contributed by atoms with E-state index >= 15 is 0 Å². The van der Waals surface area contributed by atoms with Crippen LogP contribution in [0.4, 0.5) is 0 Å². The topological polar surface area (TPSA) is 24.5 Å². The minimum Gasteiger partial charge on any atom is -0.496 e. The summed E-state index contributed by atoms with van der Waals surface area (Å²) in [6.07, 6.45) is 1.24. The first kappa shape index (κ1) is 12.4. The lowest BCUT2D eigenvalue weighted by atomic mass is 9.91. The van der Waals surface area contributed by atoms with Gasteiger partial charge >= 0.3 is 0 Å². The Bertz CT molecular complexity index is 359. The van der Waals surface area contributed by atoms with E-state index < -0.39 is 0 Å². The minimum atomic E-state index is 0.432. The number of nitrogens with one attached hydrogen (secondary N) is 1. The highest BCUT2D eigenvalue weighted by Gasteiger charge is 2.29. The molecule has 1 heterocycles. The summed E-state index contributed by atoms with van der Waals surface area (Å²) in [6.45, 7) is 2.23. The standard InChI is InChI=1S/C14H22N2O/c1-16(2)14(11-8-9-15-10-11)12-6-4-5-7-13(12)17-3/h4-7,11,14-15H,8-10H2,1-3H3. The van der Waals surface area contributed by atoms with E-state index in [0.717, 1.165) is 18.8 Å². The molecule has 1 aromatic rings. The van der Waals surface area contributed by atoms with Gasteiger partial charge in [0.2, 0.25) is 0 Å². The summed E-state index contributed by atoms with van der Waals surface area (Å²) in [4.78, 5) is 2.30. The fraction of sp³-hybridized carbons (Fsp3) is 0.571. The smallest absolute Gasteiger partial charge is 0.123 e. The molecule has 1 aliphatic rings.